The highest BCUT2D eigenvalue weighted by atomic mass is 35.5. The van der Waals surface area contributed by atoms with Crippen LogP contribution in [0.1, 0.15) is 24.1 Å². The van der Waals surface area contributed by atoms with Crippen molar-refractivity contribution in [1.29, 1.82) is 0 Å². The second-order valence-corrected chi connectivity index (χ2v) is 8.26. The van der Waals surface area contributed by atoms with Crippen molar-refractivity contribution >= 4 is 29.1 Å². The molecule has 1 unspecified atom stereocenters. The van der Waals surface area contributed by atoms with Crippen molar-refractivity contribution in [2.24, 2.45) is 0 Å². The molecule has 0 aliphatic carbocycles. The van der Waals surface area contributed by atoms with E-state index < -0.39 is 6.04 Å². The number of hydrogen-bond acceptors (Lipinski definition) is 5. The molecule has 8 heteroatoms. The summed E-state index contributed by atoms with van der Waals surface area (Å²) in [6.07, 6.45) is 3.26. The minimum absolute atomic E-state index is 0.268. The smallest absolute Gasteiger partial charge is 0.255 e. The normalized spacial score (nSPS) is 15.1. The highest BCUT2D eigenvalue weighted by Gasteiger charge is 2.35. The summed E-state index contributed by atoms with van der Waals surface area (Å²) in [7, 11) is 0. The minimum Gasteiger partial charge on any atom is -0.328 e. The minimum atomic E-state index is -0.557. The number of carbonyl (C=O) groups is 1. The fraction of sp³-hybridized carbons (Fsp3) is 0.120. The predicted octanol–water partition coefficient (Wildman–Crippen LogP) is 5.23. The van der Waals surface area contributed by atoms with Gasteiger partial charge >= 0.3 is 0 Å². The van der Waals surface area contributed by atoms with Gasteiger partial charge in [0, 0.05) is 28.0 Å². The first-order valence-corrected chi connectivity index (χ1v) is 10.9. The van der Waals surface area contributed by atoms with Crippen LogP contribution < -0.4 is 10.6 Å². The van der Waals surface area contributed by atoms with Crippen molar-refractivity contribution in [2.45, 2.75) is 19.9 Å². The van der Waals surface area contributed by atoms with E-state index in [-0.39, 0.29) is 5.91 Å². The highest BCUT2D eigenvalue weighted by Crippen LogP contribution is 2.39. The van der Waals surface area contributed by atoms with Gasteiger partial charge in [0.2, 0.25) is 5.95 Å². The number of nitrogens with zero attached hydrogens (tertiary/aromatic N) is 4. The molecule has 1 atom stereocenters. The number of fused-ring (bicyclic) bond motifs is 1. The van der Waals surface area contributed by atoms with Gasteiger partial charge in [-0.1, -0.05) is 59.6 Å². The van der Waals surface area contributed by atoms with Gasteiger partial charge in [0.15, 0.2) is 5.82 Å². The number of benzene rings is 2. The lowest BCUT2D eigenvalue weighted by molar-refractivity contribution is -0.113. The molecule has 4 aromatic rings. The molecular weight excluding hydrogens is 436 g/mol. The van der Waals surface area contributed by atoms with Crippen molar-refractivity contribution in [3.63, 3.8) is 0 Å². The lowest BCUT2D eigenvalue weighted by Crippen LogP contribution is -2.31. The molecule has 0 spiro atoms. The third-order valence-corrected chi connectivity index (χ3v) is 5.87. The lowest BCUT2D eigenvalue weighted by Gasteiger charge is -2.29. The van der Waals surface area contributed by atoms with Gasteiger partial charge in [-0.05, 0) is 32.0 Å². The number of carbonyl (C=O) groups excluding carboxylic acids is 1. The molecule has 3 heterocycles. The van der Waals surface area contributed by atoms with Crippen LogP contribution in [0.3, 0.4) is 0 Å². The number of rotatable bonds is 4. The first-order chi connectivity index (χ1) is 16.0. The van der Waals surface area contributed by atoms with Crippen molar-refractivity contribution in [1.82, 2.24) is 19.7 Å². The molecule has 0 radical (unpaired) electrons. The topological polar surface area (TPSA) is 84.7 Å². The molecule has 2 aromatic heterocycles. The lowest BCUT2D eigenvalue weighted by atomic mass is 9.95. The molecule has 2 aromatic carbocycles. The maximum Gasteiger partial charge on any atom is 0.255 e. The van der Waals surface area contributed by atoms with Crippen LogP contribution in [0.5, 0.6) is 0 Å². The summed E-state index contributed by atoms with van der Waals surface area (Å²) in [5, 5.41) is 11.5. The van der Waals surface area contributed by atoms with Gasteiger partial charge in [-0.3, -0.25) is 9.78 Å². The Morgan fingerprint density at radius 3 is 2.58 bits per heavy atom. The fourth-order valence-electron chi connectivity index (χ4n) is 3.89. The fourth-order valence-corrected chi connectivity index (χ4v) is 4.13. The summed E-state index contributed by atoms with van der Waals surface area (Å²) in [5.41, 5.74) is 4.59. The van der Waals surface area contributed by atoms with E-state index >= 15 is 0 Å². The first-order valence-electron chi connectivity index (χ1n) is 10.5. The SMILES string of the molecule is CC1=C(C(=O)Nc2cccnc2)C(c2ccccc2Cl)n2nc(-c3ccc(C)cc3)nc2N1. The molecule has 1 aliphatic rings. The number of anilines is 2. The van der Waals surface area contributed by atoms with Crippen LogP contribution in [0.25, 0.3) is 11.4 Å². The summed E-state index contributed by atoms with van der Waals surface area (Å²) in [5.74, 6) is 0.846. The Bertz CT molecular complexity index is 1360. The summed E-state index contributed by atoms with van der Waals surface area (Å²) in [6.45, 7) is 3.89. The van der Waals surface area contributed by atoms with Crippen molar-refractivity contribution < 1.29 is 4.79 Å². The van der Waals surface area contributed by atoms with Crippen molar-refractivity contribution in [2.75, 3.05) is 10.6 Å². The van der Waals surface area contributed by atoms with E-state index in [9.17, 15) is 4.79 Å². The van der Waals surface area contributed by atoms with Crippen LogP contribution in [0.15, 0.2) is 84.3 Å². The van der Waals surface area contributed by atoms with E-state index in [0.29, 0.717) is 33.8 Å². The van der Waals surface area contributed by atoms with Gasteiger partial charge in [0.05, 0.1) is 17.5 Å². The molecule has 1 amide bonds. The molecular formula is C25H21ClN6O. The molecule has 5 rings (SSSR count). The van der Waals surface area contributed by atoms with Crippen LogP contribution >= 0.6 is 11.6 Å². The number of nitrogens with one attached hydrogen (secondary N) is 2. The van der Waals surface area contributed by atoms with Crippen LogP contribution in [0, 0.1) is 6.92 Å². The standard InChI is InChI=1S/C25H21ClN6O/c1-15-9-11-17(12-10-15)23-30-25-28-16(2)21(24(33)29-18-6-5-13-27-14-18)22(32(25)31-23)19-7-3-4-8-20(19)26/h3-14,22H,1-2H3,(H,29,33)(H,28,30,31). The van der Waals surface area contributed by atoms with Gasteiger partial charge in [-0.25, -0.2) is 4.68 Å². The average Bonchev–Trinajstić information content (AvgIpc) is 3.23. The summed E-state index contributed by atoms with van der Waals surface area (Å²) in [4.78, 5) is 22.2. The van der Waals surface area contributed by atoms with Gasteiger partial charge in [-0.2, -0.15) is 4.98 Å². The number of hydrogen-bond donors (Lipinski definition) is 2. The van der Waals surface area contributed by atoms with Crippen LogP contribution in [-0.2, 0) is 4.79 Å². The highest BCUT2D eigenvalue weighted by molar-refractivity contribution is 6.31. The molecule has 33 heavy (non-hydrogen) atoms. The Morgan fingerprint density at radius 1 is 1.06 bits per heavy atom. The van der Waals surface area contributed by atoms with Crippen molar-refractivity contribution in [3.05, 3.63) is 100 Å². The maximum absolute atomic E-state index is 13.5. The summed E-state index contributed by atoms with van der Waals surface area (Å²) >= 11 is 6.60. The summed E-state index contributed by atoms with van der Waals surface area (Å²) in [6, 6.07) is 18.5. The number of amides is 1. The third-order valence-electron chi connectivity index (χ3n) is 5.53. The van der Waals surface area contributed by atoms with Gasteiger partial charge < -0.3 is 10.6 Å². The number of pyridine rings is 1. The van der Waals surface area contributed by atoms with Crippen LogP contribution in [0.4, 0.5) is 11.6 Å². The Morgan fingerprint density at radius 2 is 1.85 bits per heavy atom. The van der Waals surface area contributed by atoms with Crippen LogP contribution in [-0.4, -0.2) is 25.7 Å². The molecule has 7 nitrogen and oxygen atoms in total. The van der Waals surface area contributed by atoms with E-state index in [2.05, 4.69) is 15.6 Å². The predicted molar refractivity (Wildman–Crippen MR) is 129 cm³/mol. The van der Waals surface area contributed by atoms with E-state index in [4.69, 9.17) is 21.7 Å². The number of aryl methyl sites for hydroxylation is 1. The Kier molecular flexibility index (Phi) is 5.40. The first kappa shape index (κ1) is 20.9. The molecule has 0 bridgehead atoms. The largest absolute Gasteiger partial charge is 0.328 e. The maximum atomic E-state index is 13.5. The van der Waals surface area contributed by atoms with E-state index in [1.807, 2.05) is 62.4 Å². The van der Waals surface area contributed by atoms with Crippen LogP contribution in [0.2, 0.25) is 5.02 Å². The summed E-state index contributed by atoms with van der Waals surface area (Å²) < 4.78 is 1.72. The van der Waals surface area contributed by atoms with Gasteiger partial charge in [-0.15, -0.1) is 5.10 Å². The number of aromatic nitrogens is 4. The monoisotopic (exact) mass is 456 g/mol. The Balaban J connectivity index is 1.62. The van der Waals surface area contributed by atoms with Gasteiger partial charge in [0.1, 0.15) is 6.04 Å². The average molecular weight is 457 g/mol. The zero-order chi connectivity index (χ0) is 22.9. The second kappa shape index (κ2) is 8.52. The molecule has 0 saturated carbocycles. The zero-order valence-corrected chi connectivity index (χ0v) is 18.8. The molecule has 1 aliphatic heterocycles. The molecule has 164 valence electrons. The van der Waals surface area contributed by atoms with Crippen molar-refractivity contribution in [3.8, 4) is 11.4 Å². The van der Waals surface area contributed by atoms with E-state index in [0.717, 1.165) is 16.7 Å². The zero-order valence-electron chi connectivity index (χ0n) is 18.1. The van der Waals surface area contributed by atoms with Gasteiger partial charge in [0.25, 0.3) is 5.91 Å². The Hall–Kier alpha value is -3.97. The Labute approximate surface area is 196 Å². The number of allylic oxidation sites excluding steroid dienone is 1. The molecule has 0 fully saturated rings. The second-order valence-electron chi connectivity index (χ2n) is 7.85. The molecule has 0 saturated heterocycles. The quantitative estimate of drug-likeness (QED) is 0.439. The van der Waals surface area contributed by atoms with E-state index in [1.54, 1.807) is 29.2 Å². The third kappa shape index (κ3) is 3.99. The van der Waals surface area contributed by atoms with E-state index in [1.165, 1.54) is 0 Å². The molecule has 2 N–H and O–H groups in total. The number of halogens is 1.